The van der Waals surface area contributed by atoms with Crippen LogP contribution in [0.15, 0.2) is 18.2 Å². The van der Waals surface area contributed by atoms with Crippen molar-refractivity contribution >= 4 is 21.4 Å². The van der Waals surface area contributed by atoms with Gasteiger partial charge >= 0.3 is 0 Å². The highest BCUT2D eigenvalue weighted by Crippen LogP contribution is 2.23. The van der Waals surface area contributed by atoms with E-state index in [9.17, 15) is 12.8 Å². The average Bonchev–Trinajstić information content (AvgIpc) is 2.24. The Morgan fingerprint density at radius 1 is 1.44 bits per heavy atom. The van der Waals surface area contributed by atoms with Crippen molar-refractivity contribution in [3.05, 3.63) is 34.6 Å². The van der Waals surface area contributed by atoms with Crippen LogP contribution in [0.2, 0.25) is 5.02 Å². The summed E-state index contributed by atoms with van der Waals surface area (Å²) in [5.41, 5.74) is 0.449. The molecule has 0 saturated carbocycles. The first-order chi connectivity index (χ1) is 8.33. The Morgan fingerprint density at radius 3 is 2.61 bits per heavy atom. The largest absolute Gasteiger partial charge is 0.310 e. The smallest absolute Gasteiger partial charge is 0.147 e. The van der Waals surface area contributed by atoms with Gasteiger partial charge in [-0.3, -0.25) is 0 Å². The third-order valence-electron chi connectivity index (χ3n) is 2.57. The van der Waals surface area contributed by atoms with E-state index in [4.69, 9.17) is 11.6 Å². The van der Waals surface area contributed by atoms with Crippen LogP contribution in [0.5, 0.6) is 0 Å². The zero-order chi connectivity index (χ0) is 13.8. The summed E-state index contributed by atoms with van der Waals surface area (Å²) in [7, 11) is -3.06. The quantitative estimate of drug-likeness (QED) is 0.877. The van der Waals surface area contributed by atoms with Crippen LogP contribution >= 0.6 is 11.6 Å². The van der Waals surface area contributed by atoms with Gasteiger partial charge in [0.05, 0.1) is 5.75 Å². The van der Waals surface area contributed by atoms with E-state index >= 15 is 0 Å². The molecule has 1 N–H and O–H groups in total. The van der Waals surface area contributed by atoms with Crippen molar-refractivity contribution in [3.8, 4) is 0 Å². The molecule has 0 aliphatic heterocycles. The van der Waals surface area contributed by atoms with Crippen molar-refractivity contribution in [2.45, 2.75) is 19.4 Å². The molecule has 0 radical (unpaired) electrons. The van der Waals surface area contributed by atoms with Gasteiger partial charge in [0, 0.05) is 22.9 Å². The Morgan fingerprint density at radius 2 is 2.11 bits per heavy atom. The fraction of sp³-hybridized carbons (Fsp3) is 0.500. The SMILES string of the molecule is CCNC(CCS(C)(=O)=O)c1ccc(Cl)cc1F. The molecule has 1 atom stereocenters. The molecular weight excluding hydrogens is 277 g/mol. The Labute approximate surface area is 112 Å². The topological polar surface area (TPSA) is 46.2 Å². The lowest BCUT2D eigenvalue weighted by atomic mass is 10.0. The zero-order valence-corrected chi connectivity index (χ0v) is 12.0. The Kier molecular flexibility index (Phi) is 5.56. The third kappa shape index (κ3) is 4.92. The summed E-state index contributed by atoms with van der Waals surface area (Å²) in [4.78, 5) is 0. The monoisotopic (exact) mass is 293 g/mol. The minimum atomic E-state index is -3.06. The van der Waals surface area contributed by atoms with Gasteiger partial charge in [0.25, 0.3) is 0 Å². The van der Waals surface area contributed by atoms with E-state index in [1.807, 2.05) is 6.92 Å². The van der Waals surface area contributed by atoms with E-state index in [1.54, 1.807) is 12.1 Å². The highest BCUT2D eigenvalue weighted by molar-refractivity contribution is 7.90. The first kappa shape index (κ1) is 15.4. The first-order valence-corrected chi connectivity index (χ1v) is 8.13. The number of hydrogen-bond acceptors (Lipinski definition) is 3. The number of rotatable bonds is 6. The lowest BCUT2D eigenvalue weighted by molar-refractivity contribution is 0.498. The fourth-order valence-corrected chi connectivity index (χ4v) is 2.55. The van der Waals surface area contributed by atoms with Gasteiger partial charge < -0.3 is 5.32 Å². The van der Waals surface area contributed by atoms with Gasteiger partial charge in [0.15, 0.2) is 0 Å². The molecule has 0 amide bonds. The number of nitrogens with one attached hydrogen (secondary N) is 1. The minimum Gasteiger partial charge on any atom is -0.310 e. The summed E-state index contributed by atoms with van der Waals surface area (Å²) < 4.78 is 36.1. The number of hydrogen-bond donors (Lipinski definition) is 1. The van der Waals surface area contributed by atoms with Crippen LogP contribution in [0.3, 0.4) is 0 Å². The molecule has 1 rings (SSSR count). The number of halogens is 2. The van der Waals surface area contributed by atoms with Crippen LogP contribution in [0.4, 0.5) is 4.39 Å². The maximum atomic E-state index is 13.8. The average molecular weight is 294 g/mol. The predicted molar refractivity (Wildman–Crippen MR) is 72.2 cm³/mol. The van der Waals surface area contributed by atoms with Crippen molar-refractivity contribution in [1.82, 2.24) is 5.32 Å². The van der Waals surface area contributed by atoms with Crippen LogP contribution in [0, 0.1) is 5.82 Å². The molecule has 18 heavy (non-hydrogen) atoms. The molecule has 1 unspecified atom stereocenters. The molecule has 1 aromatic rings. The van der Waals surface area contributed by atoms with Crippen LogP contribution in [-0.4, -0.2) is 27.0 Å². The van der Waals surface area contributed by atoms with E-state index in [-0.39, 0.29) is 11.8 Å². The minimum absolute atomic E-state index is 0.0206. The molecule has 0 heterocycles. The van der Waals surface area contributed by atoms with Gasteiger partial charge in [-0.2, -0.15) is 0 Å². The molecule has 0 aliphatic carbocycles. The molecule has 0 fully saturated rings. The Balaban J connectivity index is 2.90. The summed E-state index contributed by atoms with van der Waals surface area (Å²) in [5.74, 6) is -0.394. The maximum Gasteiger partial charge on any atom is 0.147 e. The van der Waals surface area contributed by atoms with Crippen molar-refractivity contribution in [3.63, 3.8) is 0 Å². The summed E-state index contributed by atoms with van der Waals surface area (Å²) in [5, 5.41) is 3.41. The van der Waals surface area contributed by atoms with Gasteiger partial charge in [-0.25, -0.2) is 12.8 Å². The van der Waals surface area contributed by atoms with Crippen LogP contribution in [0.1, 0.15) is 24.9 Å². The lowest BCUT2D eigenvalue weighted by Crippen LogP contribution is -2.24. The standard InChI is InChI=1S/C12H17ClFNO2S/c1-3-15-12(6-7-18(2,16)17)10-5-4-9(13)8-11(10)14/h4-5,8,12,15H,3,6-7H2,1-2H3. The van der Waals surface area contributed by atoms with Crippen LogP contribution in [0.25, 0.3) is 0 Å². The summed E-state index contributed by atoms with van der Waals surface area (Å²) >= 11 is 5.69. The second-order valence-corrected chi connectivity index (χ2v) is 6.89. The molecule has 0 saturated heterocycles. The van der Waals surface area contributed by atoms with E-state index in [2.05, 4.69) is 5.32 Å². The maximum absolute atomic E-state index is 13.8. The lowest BCUT2D eigenvalue weighted by Gasteiger charge is -2.18. The molecule has 1 aromatic carbocycles. The van der Waals surface area contributed by atoms with Crippen LogP contribution in [-0.2, 0) is 9.84 Å². The highest BCUT2D eigenvalue weighted by Gasteiger charge is 2.17. The summed E-state index contributed by atoms with van der Waals surface area (Å²) in [6.45, 7) is 2.53. The molecule has 102 valence electrons. The molecule has 0 bridgehead atoms. The van der Waals surface area contributed by atoms with E-state index < -0.39 is 15.7 Å². The molecule has 3 nitrogen and oxygen atoms in total. The molecule has 0 aromatic heterocycles. The van der Waals surface area contributed by atoms with E-state index in [1.165, 1.54) is 12.3 Å². The van der Waals surface area contributed by atoms with E-state index in [0.29, 0.717) is 23.6 Å². The molecular formula is C12H17ClFNO2S. The second-order valence-electron chi connectivity index (χ2n) is 4.19. The highest BCUT2D eigenvalue weighted by atomic mass is 35.5. The normalized spacial score (nSPS) is 13.6. The van der Waals surface area contributed by atoms with Crippen molar-refractivity contribution in [1.29, 1.82) is 0 Å². The zero-order valence-electron chi connectivity index (χ0n) is 10.4. The second kappa shape index (κ2) is 6.50. The van der Waals surface area contributed by atoms with Gasteiger partial charge in [-0.1, -0.05) is 24.6 Å². The van der Waals surface area contributed by atoms with Crippen molar-refractivity contribution < 1.29 is 12.8 Å². The van der Waals surface area contributed by atoms with Crippen LogP contribution < -0.4 is 5.32 Å². The predicted octanol–water partition coefficient (Wildman–Crippen LogP) is 2.56. The van der Waals surface area contributed by atoms with E-state index in [0.717, 1.165) is 0 Å². The first-order valence-electron chi connectivity index (χ1n) is 5.69. The molecule has 0 aliphatic rings. The van der Waals surface area contributed by atoms with Crippen molar-refractivity contribution in [2.24, 2.45) is 0 Å². The number of sulfone groups is 1. The fourth-order valence-electron chi connectivity index (χ4n) is 1.73. The Hall–Kier alpha value is -0.650. The Bertz CT molecular complexity index is 505. The van der Waals surface area contributed by atoms with Gasteiger partial charge in [0.2, 0.25) is 0 Å². The van der Waals surface area contributed by atoms with Gasteiger partial charge in [-0.15, -0.1) is 0 Å². The summed E-state index contributed by atoms with van der Waals surface area (Å²) in [6.07, 6.45) is 1.51. The molecule has 6 heteroatoms. The van der Waals surface area contributed by atoms with Gasteiger partial charge in [-0.05, 0) is 25.1 Å². The van der Waals surface area contributed by atoms with Gasteiger partial charge in [0.1, 0.15) is 15.7 Å². The third-order valence-corrected chi connectivity index (χ3v) is 3.78. The summed E-state index contributed by atoms with van der Waals surface area (Å²) in [6, 6.07) is 4.11. The molecule has 0 spiro atoms. The van der Waals surface area contributed by atoms with Crippen molar-refractivity contribution in [2.75, 3.05) is 18.6 Å². The number of benzene rings is 1.